The van der Waals surface area contributed by atoms with Gasteiger partial charge in [0.05, 0.1) is 11.4 Å². The maximum atomic E-state index is 12.6. The topological polar surface area (TPSA) is 133 Å². The summed E-state index contributed by atoms with van der Waals surface area (Å²) in [5.41, 5.74) is 4.71. The third-order valence-electron chi connectivity index (χ3n) is 4.69. The van der Waals surface area contributed by atoms with Crippen molar-refractivity contribution in [1.29, 1.82) is 0 Å². The minimum absolute atomic E-state index is 0.0233. The van der Waals surface area contributed by atoms with Gasteiger partial charge in [0.2, 0.25) is 5.91 Å². The van der Waals surface area contributed by atoms with Crippen LogP contribution in [0.4, 0.5) is 5.69 Å². The average Bonchev–Trinajstić information content (AvgIpc) is 3.48. The van der Waals surface area contributed by atoms with E-state index in [1.54, 1.807) is 12.1 Å². The highest BCUT2D eigenvalue weighted by molar-refractivity contribution is 7.92. The number of halogens is 1. The number of anilines is 1. The van der Waals surface area contributed by atoms with Crippen LogP contribution in [0.5, 0.6) is 0 Å². The van der Waals surface area contributed by atoms with Crippen molar-refractivity contribution in [1.82, 2.24) is 16.2 Å². The summed E-state index contributed by atoms with van der Waals surface area (Å²) < 4.78 is 27.5. The number of amides is 3. The van der Waals surface area contributed by atoms with Crippen LogP contribution >= 0.6 is 11.6 Å². The van der Waals surface area contributed by atoms with Gasteiger partial charge in [-0.05, 0) is 54.8 Å². The fourth-order valence-electron chi connectivity index (χ4n) is 2.77. The Balaban J connectivity index is 1.56. The molecule has 2 atom stereocenters. The Kier molecular flexibility index (Phi) is 6.81. The van der Waals surface area contributed by atoms with Gasteiger partial charge >= 0.3 is 0 Å². The normalized spacial score (nSPS) is 17.4. The Morgan fingerprint density at radius 1 is 1.06 bits per heavy atom. The molecule has 164 valence electrons. The maximum absolute atomic E-state index is 12.6. The predicted molar refractivity (Wildman–Crippen MR) is 115 cm³/mol. The molecule has 0 aliphatic heterocycles. The molecule has 9 nitrogen and oxygen atoms in total. The number of benzene rings is 2. The van der Waals surface area contributed by atoms with Crippen LogP contribution in [0.3, 0.4) is 0 Å². The molecule has 1 aliphatic rings. The zero-order chi connectivity index (χ0) is 22.6. The van der Waals surface area contributed by atoms with E-state index < -0.39 is 21.8 Å². The molecule has 0 saturated heterocycles. The second-order valence-corrected chi connectivity index (χ2v) is 9.30. The fraction of sp³-hybridized carbons (Fsp3) is 0.250. The zero-order valence-corrected chi connectivity index (χ0v) is 18.1. The summed E-state index contributed by atoms with van der Waals surface area (Å²) in [4.78, 5) is 35.7. The summed E-state index contributed by atoms with van der Waals surface area (Å²) in [6, 6.07) is 11.4. The quantitative estimate of drug-likeness (QED) is 0.462. The first kappa shape index (κ1) is 22.6. The third-order valence-corrected chi connectivity index (χ3v) is 6.32. The Morgan fingerprint density at radius 2 is 1.74 bits per heavy atom. The number of hydrogen-bond acceptors (Lipinski definition) is 5. The highest BCUT2D eigenvalue weighted by Crippen LogP contribution is 2.37. The van der Waals surface area contributed by atoms with E-state index in [0.29, 0.717) is 16.6 Å². The average molecular weight is 465 g/mol. The summed E-state index contributed by atoms with van der Waals surface area (Å²) in [7, 11) is -3.95. The van der Waals surface area contributed by atoms with Gasteiger partial charge in [-0.2, -0.15) is 0 Å². The SMILES string of the molecule is C[C@@H]1C[C@H]1C(=O)NCC(=O)NNC(=O)c1cccc(S(=O)(=O)Nc2ccc(Cl)cc2)c1. The summed E-state index contributed by atoms with van der Waals surface area (Å²) in [5, 5.41) is 2.96. The summed E-state index contributed by atoms with van der Waals surface area (Å²) >= 11 is 5.79. The molecule has 4 N–H and O–H groups in total. The number of hydrazine groups is 1. The van der Waals surface area contributed by atoms with Crippen molar-refractivity contribution in [3.05, 3.63) is 59.1 Å². The first-order valence-corrected chi connectivity index (χ1v) is 11.3. The number of nitrogens with one attached hydrogen (secondary N) is 4. The Hall–Kier alpha value is -3.11. The van der Waals surface area contributed by atoms with E-state index in [9.17, 15) is 22.8 Å². The Bertz CT molecular complexity index is 1100. The van der Waals surface area contributed by atoms with Crippen molar-refractivity contribution in [3.63, 3.8) is 0 Å². The highest BCUT2D eigenvalue weighted by atomic mass is 35.5. The molecule has 0 heterocycles. The number of rotatable bonds is 7. The van der Waals surface area contributed by atoms with Crippen molar-refractivity contribution >= 4 is 45.0 Å². The van der Waals surface area contributed by atoms with E-state index in [2.05, 4.69) is 20.9 Å². The van der Waals surface area contributed by atoms with E-state index in [-0.39, 0.29) is 28.8 Å². The van der Waals surface area contributed by atoms with Crippen LogP contribution in [0.2, 0.25) is 5.02 Å². The van der Waals surface area contributed by atoms with Gasteiger partial charge in [0.25, 0.3) is 21.8 Å². The molecule has 2 aromatic rings. The number of carbonyl (C=O) groups is 3. The summed E-state index contributed by atoms with van der Waals surface area (Å²) in [6.45, 7) is 1.67. The minimum atomic E-state index is -3.95. The van der Waals surface area contributed by atoms with E-state index >= 15 is 0 Å². The number of carbonyl (C=O) groups excluding carboxylic acids is 3. The van der Waals surface area contributed by atoms with Gasteiger partial charge in [0.1, 0.15) is 0 Å². The van der Waals surface area contributed by atoms with Crippen molar-refractivity contribution in [2.24, 2.45) is 11.8 Å². The lowest BCUT2D eigenvalue weighted by atomic mass is 10.2. The Morgan fingerprint density at radius 3 is 2.39 bits per heavy atom. The van der Waals surface area contributed by atoms with E-state index in [4.69, 9.17) is 11.6 Å². The second kappa shape index (κ2) is 9.36. The van der Waals surface area contributed by atoms with Crippen molar-refractivity contribution in [3.8, 4) is 0 Å². The first-order valence-electron chi connectivity index (χ1n) is 9.41. The van der Waals surface area contributed by atoms with E-state index in [1.165, 1.54) is 36.4 Å². The molecule has 0 aromatic heterocycles. The van der Waals surface area contributed by atoms with E-state index in [0.717, 1.165) is 6.42 Å². The molecule has 0 spiro atoms. The lowest BCUT2D eigenvalue weighted by molar-refractivity contribution is -0.127. The molecule has 3 rings (SSSR count). The zero-order valence-electron chi connectivity index (χ0n) is 16.5. The van der Waals surface area contributed by atoms with Crippen LogP contribution in [-0.2, 0) is 19.6 Å². The Labute approximate surface area is 184 Å². The number of sulfonamides is 1. The lowest BCUT2D eigenvalue weighted by Gasteiger charge is -2.11. The molecular formula is C20H21ClN4O5S. The molecule has 2 aromatic carbocycles. The largest absolute Gasteiger partial charge is 0.347 e. The van der Waals surface area contributed by atoms with Gasteiger partial charge in [-0.15, -0.1) is 0 Å². The summed E-state index contributed by atoms with van der Waals surface area (Å²) in [6.07, 6.45) is 0.802. The highest BCUT2D eigenvalue weighted by Gasteiger charge is 2.38. The molecule has 3 amide bonds. The second-order valence-electron chi connectivity index (χ2n) is 7.18. The van der Waals surface area contributed by atoms with Crippen LogP contribution in [-0.4, -0.2) is 32.7 Å². The smallest absolute Gasteiger partial charge is 0.269 e. The monoisotopic (exact) mass is 464 g/mol. The van der Waals surface area contributed by atoms with Gasteiger partial charge in [0, 0.05) is 22.2 Å². The number of hydrogen-bond donors (Lipinski definition) is 4. The van der Waals surface area contributed by atoms with Crippen molar-refractivity contribution < 1.29 is 22.8 Å². The third kappa shape index (κ3) is 6.19. The molecule has 1 saturated carbocycles. The standard InChI is InChI=1S/C20H21ClN4O5S/c1-12-9-17(12)20(28)22-11-18(26)23-24-19(27)13-3-2-4-16(10-13)31(29,30)25-15-7-5-14(21)6-8-15/h2-8,10,12,17,25H,9,11H2,1H3,(H,22,28)(H,23,26)(H,24,27)/t12-,17-/m1/s1. The van der Waals surface area contributed by atoms with Crippen LogP contribution in [0.1, 0.15) is 23.7 Å². The van der Waals surface area contributed by atoms with Crippen molar-refractivity contribution in [2.45, 2.75) is 18.2 Å². The summed E-state index contributed by atoms with van der Waals surface area (Å²) in [5.74, 6) is -1.25. The fourth-order valence-corrected chi connectivity index (χ4v) is 4.00. The van der Waals surface area contributed by atoms with Crippen LogP contribution in [0, 0.1) is 11.8 Å². The van der Waals surface area contributed by atoms with Gasteiger partial charge in [-0.25, -0.2) is 8.42 Å². The first-order chi connectivity index (χ1) is 14.7. The van der Waals surface area contributed by atoms with E-state index in [1.807, 2.05) is 6.92 Å². The van der Waals surface area contributed by atoms with Gasteiger partial charge in [-0.1, -0.05) is 24.6 Å². The molecule has 1 aliphatic carbocycles. The van der Waals surface area contributed by atoms with Crippen LogP contribution < -0.4 is 20.9 Å². The molecule has 11 heteroatoms. The van der Waals surface area contributed by atoms with Crippen LogP contribution in [0.15, 0.2) is 53.4 Å². The molecule has 0 unspecified atom stereocenters. The van der Waals surface area contributed by atoms with Gasteiger partial charge < -0.3 is 5.32 Å². The molecule has 1 fully saturated rings. The van der Waals surface area contributed by atoms with Gasteiger partial charge in [0.15, 0.2) is 0 Å². The molecule has 0 radical (unpaired) electrons. The molecular weight excluding hydrogens is 444 g/mol. The lowest BCUT2D eigenvalue weighted by Crippen LogP contribution is -2.46. The van der Waals surface area contributed by atoms with Gasteiger partial charge in [-0.3, -0.25) is 30.0 Å². The molecule has 31 heavy (non-hydrogen) atoms. The van der Waals surface area contributed by atoms with Crippen LogP contribution in [0.25, 0.3) is 0 Å². The predicted octanol–water partition coefficient (Wildman–Crippen LogP) is 1.67. The molecule has 0 bridgehead atoms. The maximum Gasteiger partial charge on any atom is 0.269 e. The van der Waals surface area contributed by atoms with Crippen molar-refractivity contribution in [2.75, 3.05) is 11.3 Å². The minimum Gasteiger partial charge on any atom is -0.347 e.